The predicted octanol–water partition coefficient (Wildman–Crippen LogP) is 2.14. The number of aromatic nitrogens is 2. The fraction of sp³-hybridized carbons (Fsp3) is 0.529. The first-order valence-corrected chi connectivity index (χ1v) is 8.04. The molecule has 1 fully saturated rings. The molecule has 0 saturated carbocycles. The minimum Gasteiger partial charge on any atom is -0.342 e. The summed E-state index contributed by atoms with van der Waals surface area (Å²) < 4.78 is 0. The molecule has 1 aliphatic heterocycles. The molecule has 0 aliphatic carbocycles. The Balaban J connectivity index is 1.63. The molecule has 0 bridgehead atoms. The van der Waals surface area contributed by atoms with Crippen LogP contribution in [-0.4, -0.2) is 39.4 Å². The second-order valence-corrected chi connectivity index (χ2v) is 6.38. The summed E-state index contributed by atoms with van der Waals surface area (Å²) in [7, 11) is 0. The van der Waals surface area contributed by atoms with Gasteiger partial charge in [0.2, 0.25) is 5.91 Å². The number of H-pyrrole nitrogens is 1. The number of fused-ring (bicyclic) bond motifs is 1. The molecule has 3 rings (SSSR count). The van der Waals surface area contributed by atoms with Gasteiger partial charge in [0.25, 0.3) is 0 Å². The summed E-state index contributed by atoms with van der Waals surface area (Å²) >= 11 is 0. The van der Waals surface area contributed by atoms with E-state index >= 15 is 0 Å². The van der Waals surface area contributed by atoms with Gasteiger partial charge in [-0.1, -0.05) is 12.1 Å². The highest BCUT2D eigenvalue weighted by Crippen LogP contribution is 2.19. The maximum absolute atomic E-state index is 12.4. The highest BCUT2D eigenvalue weighted by Gasteiger charge is 2.26. The van der Waals surface area contributed by atoms with E-state index in [0.717, 1.165) is 41.8 Å². The van der Waals surface area contributed by atoms with Gasteiger partial charge in [-0.15, -0.1) is 0 Å². The van der Waals surface area contributed by atoms with Crippen molar-refractivity contribution >= 4 is 16.9 Å². The van der Waals surface area contributed by atoms with Crippen molar-refractivity contribution in [2.75, 3.05) is 6.54 Å². The Hall–Kier alpha value is -1.88. The van der Waals surface area contributed by atoms with Crippen molar-refractivity contribution in [2.24, 2.45) is 5.73 Å². The number of hydrogen-bond donors (Lipinski definition) is 2. The summed E-state index contributed by atoms with van der Waals surface area (Å²) in [6.07, 6.45) is 2.95. The van der Waals surface area contributed by atoms with E-state index in [4.69, 9.17) is 5.73 Å². The number of rotatable bonds is 3. The van der Waals surface area contributed by atoms with Crippen LogP contribution >= 0.6 is 0 Å². The smallest absolute Gasteiger partial charge is 0.223 e. The topological polar surface area (TPSA) is 75.0 Å². The van der Waals surface area contributed by atoms with Gasteiger partial charge in [-0.3, -0.25) is 4.79 Å². The van der Waals surface area contributed by atoms with Crippen LogP contribution in [0.1, 0.15) is 37.6 Å². The van der Waals surface area contributed by atoms with Crippen molar-refractivity contribution in [1.82, 2.24) is 14.9 Å². The van der Waals surface area contributed by atoms with E-state index in [9.17, 15) is 4.79 Å². The van der Waals surface area contributed by atoms with Gasteiger partial charge >= 0.3 is 0 Å². The molecule has 0 spiro atoms. The molecular weight excluding hydrogens is 276 g/mol. The largest absolute Gasteiger partial charge is 0.342 e. The second-order valence-electron chi connectivity index (χ2n) is 6.38. The van der Waals surface area contributed by atoms with E-state index < -0.39 is 0 Å². The molecule has 1 saturated heterocycles. The van der Waals surface area contributed by atoms with Crippen molar-refractivity contribution in [3.05, 3.63) is 29.6 Å². The first kappa shape index (κ1) is 15.0. The molecule has 118 valence electrons. The Morgan fingerprint density at radius 3 is 3.05 bits per heavy atom. The molecule has 1 amide bonds. The van der Waals surface area contributed by atoms with E-state index in [1.54, 1.807) is 0 Å². The number of aromatic amines is 1. The molecule has 0 radical (unpaired) electrons. The first-order chi connectivity index (χ1) is 10.5. The third-order valence-electron chi connectivity index (χ3n) is 4.58. The number of benzene rings is 1. The maximum Gasteiger partial charge on any atom is 0.223 e. The van der Waals surface area contributed by atoms with Crippen LogP contribution in [0.3, 0.4) is 0 Å². The number of aryl methyl sites for hydroxylation is 2. The summed E-state index contributed by atoms with van der Waals surface area (Å²) in [5, 5.41) is 0. The van der Waals surface area contributed by atoms with Crippen LogP contribution in [0.5, 0.6) is 0 Å². The quantitative estimate of drug-likeness (QED) is 0.912. The highest BCUT2D eigenvalue weighted by molar-refractivity contribution is 5.79. The molecule has 3 N–H and O–H groups in total. The molecule has 1 aliphatic rings. The fourth-order valence-electron chi connectivity index (χ4n) is 3.29. The number of amides is 1. The van der Waals surface area contributed by atoms with Crippen molar-refractivity contribution in [1.29, 1.82) is 0 Å². The Labute approximate surface area is 130 Å². The summed E-state index contributed by atoms with van der Waals surface area (Å²) in [5.74, 6) is 1.09. The number of piperidine rings is 1. The number of nitrogens with one attached hydrogen (secondary N) is 1. The van der Waals surface area contributed by atoms with Crippen molar-refractivity contribution in [3.63, 3.8) is 0 Å². The Kier molecular flexibility index (Phi) is 4.16. The summed E-state index contributed by atoms with van der Waals surface area (Å²) in [6.45, 7) is 4.92. The number of hydrogen-bond acceptors (Lipinski definition) is 3. The maximum atomic E-state index is 12.4. The van der Waals surface area contributed by atoms with E-state index in [1.807, 2.05) is 17.0 Å². The molecule has 5 heteroatoms. The van der Waals surface area contributed by atoms with Crippen LogP contribution in [0.25, 0.3) is 11.0 Å². The number of carbonyl (C=O) groups excluding carboxylic acids is 1. The van der Waals surface area contributed by atoms with Gasteiger partial charge in [-0.2, -0.15) is 0 Å². The van der Waals surface area contributed by atoms with Crippen molar-refractivity contribution in [2.45, 2.75) is 51.6 Å². The lowest BCUT2D eigenvalue weighted by atomic mass is 9.98. The Bertz CT molecular complexity index is 678. The second kappa shape index (κ2) is 6.08. The zero-order valence-electron chi connectivity index (χ0n) is 13.3. The van der Waals surface area contributed by atoms with Crippen LogP contribution in [-0.2, 0) is 11.2 Å². The van der Waals surface area contributed by atoms with Crippen LogP contribution in [0.4, 0.5) is 0 Å². The summed E-state index contributed by atoms with van der Waals surface area (Å²) in [4.78, 5) is 22.3. The number of carbonyl (C=O) groups is 1. The molecular formula is C17H24N4O. The van der Waals surface area contributed by atoms with Crippen LogP contribution in [0, 0.1) is 6.92 Å². The number of para-hydroxylation sites is 1. The molecule has 1 aromatic carbocycles. The molecule has 5 nitrogen and oxygen atoms in total. The molecule has 2 heterocycles. The number of nitrogens with zero attached hydrogens (tertiary/aromatic N) is 2. The van der Waals surface area contributed by atoms with Crippen LogP contribution in [0.2, 0.25) is 0 Å². The fourth-order valence-corrected chi connectivity index (χ4v) is 3.29. The van der Waals surface area contributed by atoms with E-state index in [1.165, 1.54) is 0 Å². The number of nitrogens with two attached hydrogens (primary N) is 1. The minimum atomic E-state index is 0.205. The normalized spacial score (nSPS) is 22.2. The SMILES string of the molecule is Cc1cccc2[nH]c(CCC(=O)N3CCC(N)CC3C)nc12. The molecule has 22 heavy (non-hydrogen) atoms. The van der Waals surface area contributed by atoms with Crippen LogP contribution < -0.4 is 5.73 Å². The van der Waals surface area contributed by atoms with Gasteiger partial charge < -0.3 is 15.6 Å². The van der Waals surface area contributed by atoms with Crippen molar-refractivity contribution < 1.29 is 4.79 Å². The zero-order chi connectivity index (χ0) is 15.7. The molecule has 2 unspecified atom stereocenters. The first-order valence-electron chi connectivity index (χ1n) is 8.04. The summed E-state index contributed by atoms with van der Waals surface area (Å²) in [6, 6.07) is 6.57. The highest BCUT2D eigenvalue weighted by atomic mass is 16.2. The predicted molar refractivity (Wildman–Crippen MR) is 87.5 cm³/mol. The molecule has 1 aromatic heterocycles. The third kappa shape index (κ3) is 2.99. The van der Waals surface area contributed by atoms with Gasteiger partial charge in [0.1, 0.15) is 5.82 Å². The third-order valence-corrected chi connectivity index (χ3v) is 4.58. The zero-order valence-corrected chi connectivity index (χ0v) is 13.3. The Morgan fingerprint density at radius 1 is 1.50 bits per heavy atom. The minimum absolute atomic E-state index is 0.205. The van der Waals surface area contributed by atoms with E-state index in [-0.39, 0.29) is 18.0 Å². The molecule has 2 aromatic rings. The summed E-state index contributed by atoms with van der Waals surface area (Å²) in [5.41, 5.74) is 9.16. The standard InChI is InChI=1S/C17H24N4O/c1-11-4-3-5-14-17(11)20-15(19-14)6-7-16(22)21-9-8-13(18)10-12(21)2/h3-5,12-13H,6-10,18H2,1-2H3,(H,19,20). The lowest BCUT2D eigenvalue weighted by Gasteiger charge is -2.36. The monoisotopic (exact) mass is 300 g/mol. The Morgan fingerprint density at radius 2 is 2.32 bits per heavy atom. The van der Waals surface area contributed by atoms with Gasteiger partial charge in [-0.25, -0.2) is 4.98 Å². The lowest BCUT2D eigenvalue weighted by Crippen LogP contribution is -2.48. The number of imidazole rings is 1. The van der Waals surface area contributed by atoms with E-state index in [0.29, 0.717) is 12.8 Å². The van der Waals surface area contributed by atoms with Gasteiger partial charge in [0.15, 0.2) is 0 Å². The average molecular weight is 300 g/mol. The lowest BCUT2D eigenvalue weighted by molar-refractivity contribution is -0.134. The molecule has 2 atom stereocenters. The average Bonchev–Trinajstić information content (AvgIpc) is 2.89. The van der Waals surface area contributed by atoms with Gasteiger partial charge in [0.05, 0.1) is 11.0 Å². The van der Waals surface area contributed by atoms with Crippen LogP contribution in [0.15, 0.2) is 18.2 Å². The van der Waals surface area contributed by atoms with Crippen molar-refractivity contribution in [3.8, 4) is 0 Å². The van der Waals surface area contributed by atoms with Gasteiger partial charge in [-0.05, 0) is 38.3 Å². The van der Waals surface area contributed by atoms with Gasteiger partial charge in [0, 0.05) is 31.5 Å². The van der Waals surface area contributed by atoms with E-state index in [2.05, 4.69) is 29.9 Å². The number of likely N-dealkylation sites (tertiary alicyclic amines) is 1.